The number of carboxylic acids is 1. The minimum absolute atomic E-state index is 0.0738. The Labute approximate surface area is 116 Å². The molecule has 0 spiro atoms. The van der Waals surface area contributed by atoms with E-state index in [0.29, 0.717) is 19.4 Å². The standard InChI is InChI=1S/C13H18N4O3/c18-12(19)9-2-1-3-10(6-9)17-13(20)15-7-11-4-5-14-8-16-11/h4-5,8-10H,1-3,6-7H2,(H,18,19)(H2,15,17,20). The molecule has 3 N–H and O–H groups in total. The van der Waals surface area contributed by atoms with Crippen LogP contribution in [-0.4, -0.2) is 33.1 Å². The summed E-state index contributed by atoms with van der Waals surface area (Å²) in [7, 11) is 0. The van der Waals surface area contributed by atoms with Crippen LogP contribution in [0.5, 0.6) is 0 Å². The molecule has 108 valence electrons. The van der Waals surface area contributed by atoms with Gasteiger partial charge in [0.25, 0.3) is 0 Å². The van der Waals surface area contributed by atoms with Crippen molar-refractivity contribution in [2.75, 3.05) is 0 Å². The highest BCUT2D eigenvalue weighted by Crippen LogP contribution is 2.24. The van der Waals surface area contributed by atoms with Gasteiger partial charge in [-0.15, -0.1) is 0 Å². The van der Waals surface area contributed by atoms with Crippen LogP contribution in [0.15, 0.2) is 18.6 Å². The first-order chi connectivity index (χ1) is 9.65. The predicted molar refractivity (Wildman–Crippen MR) is 70.8 cm³/mol. The third kappa shape index (κ3) is 4.18. The van der Waals surface area contributed by atoms with Gasteiger partial charge in [-0.3, -0.25) is 4.79 Å². The molecule has 2 unspecified atom stereocenters. The molecule has 0 saturated heterocycles. The van der Waals surface area contributed by atoms with Crippen molar-refractivity contribution in [1.29, 1.82) is 0 Å². The molecule has 0 aliphatic heterocycles. The zero-order valence-electron chi connectivity index (χ0n) is 11.1. The average molecular weight is 278 g/mol. The van der Waals surface area contributed by atoms with E-state index >= 15 is 0 Å². The van der Waals surface area contributed by atoms with Crippen LogP contribution in [0.4, 0.5) is 4.79 Å². The monoisotopic (exact) mass is 278 g/mol. The van der Waals surface area contributed by atoms with E-state index in [9.17, 15) is 9.59 Å². The normalized spacial score (nSPS) is 22.0. The predicted octanol–water partition coefficient (Wildman–Crippen LogP) is 0.919. The van der Waals surface area contributed by atoms with Gasteiger partial charge in [0.1, 0.15) is 6.33 Å². The Morgan fingerprint density at radius 1 is 1.40 bits per heavy atom. The Hall–Kier alpha value is -2.18. The van der Waals surface area contributed by atoms with Gasteiger partial charge in [0.05, 0.1) is 18.2 Å². The molecule has 0 radical (unpaired) electrons. The first kappa shape index (κ1) is 14.2. The van der Waals surface area contributed by atoms with Crippen LogP contribution in [0.25, 0.3) is 0 Å². The topological polar surface area (TPSA) is 104 Å². The van der Waals surface area contributed by atoms with Gasteiger partial charge in [-0.2, -0.15) is 0 Å². The number of carboxylic acid groups (broad SMARTS) is 1. The molecule has 0 aromatic carbocycles. The zero-order chi connectivity index (χ0) is 14.4. The SMILES string of the molecule is O=C(NCc1ccncn1)NC1CCCC(C(=O)O)C1. The van der Waals surface area contributed by atoms with E-state index in [4.69, 9.17) is 5.11 Å². The fourth-order valence-electron chi connectivity index (χ4n) is 2.38. The summed E-state index contributed by atoms with van der Waals surface area (Å²) in [6.07, 6.45) is 5.87. The number of urea groups is 1. The maximum absolute atomic E-state index is 11.7. The summed E-state index contributed by atoms with van der Waals surface area (Å²) in [6.45, 7) is 0.323. The molecule has 1 aromatic heterocycles. The van der Waals surface area contributed by atoms with Crippen molar-refractivity contribution in [2.45, 2.75) is 38.3 Å². The van der Waals surface area contributed by atoms with E-state index in [1.165, 1.54) is 6.33 Å². The Morgan fingerprint density at radius 3 is 2.95 bits per heavy atom. The lowest BCUT2D eigenvalue weighted by atomic mass is 9.86. The molecule has 7 nitrogen and oxygen atoms in total. The zero-order valence-corrected chi connectivity index (χ0v) is 11.1. The van der Waals surface area contributed by atoms with E-state index in [0.717, 1.165) is 18.5 Å². The molecule has 20 heavy (non-hydrogen) atoms. The summed E-state index contributed by atoms with van der Waals surface area (Å²) in [5, 5.41) is 14.5. The van der Waals surface area contributed by atoms with E-state index in [1.54, 1.807) is 12.3 Å². The lowest BCUT2D eigenvalue weighted by molar-refractivity contribution is -0.143. The summed E-state index contributed by atoms with van der Waals surface area (Å²) in [4.78, 5) is 30.5. The second-order valence-electron chi connectivity index (χ2n) is 4.93. The third-order valence-electron chi connectivity index (χ3n) is 3.43. The van der Waals surface area contributed by atoms with Gasteiger partial charge >= 0.3 is 12.0 Å². The molecule has 1 heterocycles. The van der Waals surface area contributed by atoms with Crippen LogP contribution in [0.1, 0.15) is 31.4 Å². The van der Waals surface area contributed by atoms with E-state index in [-0.39, 0.29) is 18.0 Å². The van der Waals surface area contributed by atoms with Crippen molar-refractivity contribution in [3.8, 4) is 0 Å². The summed E-state index contributed by atoms with van der Waals surface area (Å²) < 4.78 is 0. The molecule has 1 aliphatic rings. The first-order valence-corrected chi connectivity index (χ1v) is 6.67. The smallest absolute Gasteiger partial charge is 0.315 e. The van der Waals surface area contributed by atoms with Crippen molar-refractivity contribution in [2.24, 2.45) is 5.92 Å². The molecule has 1 saturated carbocycles. The molecule has 2 atom stereocenters. The van der Waals surface area contributed by atoms with E-state index in [1.807, 2.05) is 0 Å². The molecule has 2 amide bonds. The number of rotatable bonds is 4. The molecule has 1 aromatic rings. The summed E-state index contributed by atoms with van der Waals surface area (Å²) in [5.74, 6) is -1.13. The van der Waals surface area contributed by atoms with Gasteiger partial charge in [0.2, 0.25) is 0 Å². The van der Waals surface area contributed by atoms with Crippen LogP contribution in [-0.2, 0) is 11.3 Å². The first-order valence-electron chi connectivity index (χ1n) is 6.67. The number of aromatic nitrogens is 2. The lowest BCUT2D eigenvalue weighted by Gasteiger charge is -2.27. The summed E-state index contributed by atoms with van der Waals surface area (Å²) in [5.41, 5.74) is 0.724. The minimum atomic E-state index is -0.780. The van der Waals surface area contributed by atoms with Gasteiger partial charge in [-0.05, 0) is 25.3 Å². The van der Waals surface area contributed by atoms with Crippen molar-refractivity contribution >= 4 is 12.0 Å². The molecular formula is C13H18N4O3. The Kier molecular flexibility index (Phi) is 4.86. The molecule has 7 heteroatoms. The van der Waals surface area contributed by atoms with Crippen LogP contribution >= 0.6 is 0 Å². The second-order valence-corrected chi connectivity index (χ2v) is 4.93. The number of nitrogens with zero attached hydrogens (tertiary/aromatic N) is 2. The van der Waals surface area contributed by atoms with Gasteiger partial charge < -0.3 is 15.7 Å². The van der Waals surface area contributed by atoms with Crippen LogP contribution in [0, 0.1) is 5.92 Å². The van der Waals surface area contributed by atoms with Crippen molar-refractivity contribution < 1.29 is 14.7 Å². The Balaban J connectivity index is 1.75. The van der Waals surface area contributed by atoms with Gasteiger partial charge in [-0.25, -0.2) is 14.8 Å². The largest absolute Gasteiger partial charge is 0.481 e. The van der Waals surface area contributed by atoms with Crippen LogP contribution < -0.4 is 10.6 Å². The van der Waals surface area contributed by atoms with Crippen LogP contribution in [0.3, 0.4) is 0 Å². The maximum atomic E-state index is 11.7. The highest BCUT2D eigenvalue weighted by Gasteiger charge is 2.27. The number of hydrogen-bond acceptors (Lipinski definition) is 4. The quantitative estimate of drug-likeness (QED) is 0.759. The third-order valence-corrected chi connectivity index (χ3v) is 3.43. The Morgan fingerprint density at radius 2 is 2.25 bits per heavy atom. The van der Waals surface area contributed by atoms with Gasteiger partial charge in [-0.1, -0.05) is 6.42 Å². The Bertz CT molecular complexity index is 466. The fraction of sp³-hybridized carbons (Fsp3) is 0.538. The molecule has 1 fully saturated rings. The number of carbonyl (C=O) groups is 2. The number of aliphatic carboxylic acids is 1. The molecule has 1 aliphatic carbocycles. The van der Waals surface area contributed by atoms with Gasteiger partial charge in [0.15, 0.2) is 0 Å². The maximum Gasteiger partial charge on any atom is 0.315 e. The second kappa shape index (κ2) is 6.83. The van der Waals surface area contributed by atoms with Gasteiger partial charge in [0, 0.05) is 12.2 Å². The molecular weight excluding hydrogens is 260 g/mol. The number of amides is 2. The average Bonchev–Trinajstić information content (AvgIpc) is 2.46. The van der Waals surface area contributed by atoms with Crippen LogP contribution in [0.2, 0.25) is 0 Å². The van der Waals surface area contributed by atoms with Crippen molar-refractivity contribution in [3.05, 3.63) is 24.3 Å². The summed E-state index contributed by atoms with van der Waals surface area (Å²) >= 11 is 0. The van der Waals surface area contributed by atoms with Crippen molar-refractivity contribution in [1.82, 2.24) is 20.6 Å². The molecule has 0 bridgehead atoms. The number of carbonyl (C=O) groups excluding carboxylic acids is 1. The number of hydrogen-bond donors (Lipinski definition) is 3. The number of nitrogens with one attached hydrogen (secondary N) is 2. The lowest BCUT2D eigenvalue weighted by Crippen LogP contribution is -2.44. The summed E-state index contributed by atoms with van der Waals surface area (Å²) in [6, 6.07) is 1.36. The fourth-order valence-corrected chi connectivity index (χ4v) is 2.38. The highest BCUT2D eigenvalue weighted by atomic mass is 16.4. The minimum Gasteiger partial charge on any atom is -0.481 e. The molecule has 2 rings (SSSR count). The van der Waals surface area contributed by atoms with E-state index < -0.39 is 5.97 Å². The van der Waals surface area contributed by atoms with E-state index in [2.05, 4.69) is 20.6 Å². The highest BCUT2D eigenvalue weighted by molar-refractivity contribution is 5.74. The van der Waals surface area contributed by atoms with Crippen molar-refractivity contribution in [3.63, 3.8) is 0 Å².